The standard InChI is InChI=1S/C16H20F2N2O.ClH/c17-14-2-1-11(15(18)8-14)7-16(21)20-5-3-12-9-19-10-13(12)4-6-20;/h1-2,8,12-13,19H,3-7,9-10H2;1H/t12-,13+;. The van der Waals surface area contributed by atoms with Gasteiger partial charge in [-0.25, -0.2) is 8.78 Å². The third kappa shape index (κ3) is 3.76. The second-order valence-corrected chi connectivity index (χ2v) is 6.05. The molecule has 0 saturated carbocycles. The topological polar surface area (TPSA) is 32.3 Å². The number of rotatable bonds is 2. The van der Waals surface area contributed by atoms with Gasteiger partial charge in [0.05, 0.1) is 6.42 Å². The van der Waals surface area contributed by atoms with Gasteiger partial charge in [-0.1, -0.05) is 6.07 Å². The van der Waals surface area contributed by atoms with Gasteiger partial charge < -0.3 is 10.2 Å². The summed E-state index contributed by atoms with van der Waals surface area (Å²) in [5, 5.41) is 3.40. The molecule has 0 spiro atoms. The summed E-state index contributed by atoms with van der Waals surface area (Å²) in [5.74, 6) is 0.00203. The Bertz CT molecular complexity index is 527. The van der Waals surface area contributed by atoms with Crippen molar-refractivity contribution in [2.24, 2.45) is 11.8 Å². The van der Waals surface area contributed by atoms with Gasteiger partial charge >= 0.3 is 0 Å². The van der Waals surface area contributed by atoms with E-state index in [1.807, 2.05) is 4.90 Å². The van der Waals surface area contributed by atoms with E-state index < -0.39 is 11.6 Å². The van der Waals surface area contributed by atoms with Gasteiger partial charge in [0.1, 0.15) is 11.6 Å². The van der Waals surface area contributed by atoms with Crippen molar-refractivity contribution in [1.82, 2.24) is 10.2 Å². The molecular weight excluding hydrogens is 310 g/mol. The van der Waals surface area contributed by atoms with Gasteiger partial charge in [-0.15, -0.1) is 12.4 Å². The molecule has 122 valence electrons. The highest BCUT2D eigenvalue weighted by Gasteiger charge is 2.31. The molecule has 2 aliphatic rings. The molecule has 0 aromatic heterocycles. The summed E-state index contributed by atoms with van der Waals surface area (Å²) in [4.78, 5) is 14.2. The predicted molar refractivity (Wildman–Crippen MR) is 83.0 cm³/mol. The van der Waals surface area contributed by atoms with Crippen molar-refractivity contribution in [3.05, 3.63) is 35.4 Å². The summed E-state index contributed by atoms with van der Waals surface area (Å²) >= 11 is 0. The fourth-order valence-electron chi connectivity index (χ4n) is 3.41. The Morgan fingerprint density at radius 2 is 1.82 bits per heavy atom. The van der Waals surface area contributed by atoms with Crippen molar-refractivity contribution < 1.29 is 13.6 Å². The fraction of sp³-hybridized carbons (Fsp3) is 0.562. The van der Waals surface area contributed by atoms with Crippen LogP contribution in [0.2, 0.25) is 0 Å². The lowest BCUT2D eigenvalue weighted by Gasteiger charge is -2.21. The summed E-state index contributed by atoms with van der Waals surface area (Å²) in [7, 11) is 0. The van der Waals surface area contributed by atoms with Gasteiger partial charge in [0, 0.05) is 19.2 Å². The minimum atomic E-state index is -0.640. The number of hydrogen-bond acceptors (Lipinski definition) is 2. The number of benzene rings is 1. The normalized spacial score (nSPS) is 24.4. The maximum atomic E-state index is 13.6. The fourth-order valence-corrected chi connectivity index (χ4v) is 3.41. The molecule has 1 aromatic rings. The van der Waals surface area contributed by atoms with Gasteiger partial charge in [-0.2, -0.15) is 0 Å². The zero-order valence-electron chi connectivity index (χ0n) is 12.4. The molecule has 2 aliphatic heterocycles. The van der Waals surface area contributed by atoms with Crippen LogP contribution < -0.4 is 5.32 Å². The Hall–Kier alpha value is -1.20. The number of fused-ring (bicyclic) bond motifs is 1. The van der Waals surface area contributed by atoms with E-state index in [4.69, 9.17) is 0 Å². The third-order valence-electron chi connectivity index (χ3n) is 4.73. The minimum absolute atomic E-state index is 0. The van der Waals surface area contributed by atoms with Gasteiger partial charge in [-0.3, -0.25) is 4.79 Å². The molecule has 2 heterocycles. The van der Waals surface area contributed by atoms with Crippen LogP contribution in [0.25, 0.3) is 0 Å². The lowest BCUT2D eigenvalue weighted by molar-refractivity contribution is -0.130. The number of hydrogen-bond donors (Lipinski definition) is 1. The van der Waals surface area contributed by atoms with Crippen LogP contribution in [-0.4, -0.2) is 37.0 Å². The second kappa shape index (κ2) is 7.38. The SMILES string of the molecule is Cl.O=C(Cc1ccc(F)cc1F)N1CC[C@@H]2CNC[C@@H]2CC1. The molecule has 2 saturated heterocycles. The second-order valence-electron chi connectivity index (χ2n) is 6.05. The van der Waals surface area contributed by atoms with E-state index in [0.717, 1.165) is 45.1 Å². The van der Waals surface area contributed by atoms with Gasteiger partial charge in [0.15, 0.2) is 0 Å². The highest BCUT2D eigenvalue weighted by atomic mass is 35.5. The van der Waals surface area contributed by atoms with Gasteiger partial charge in [0.25, 0.3) is 0 Å². The summed E-state index contributed by atoms with van der Waals surface area (Å²) in [6.45, 7) is 3.56. The van der Waals surface area contributed by atoms with Crippen LogP contribution in [0.5, 0.6) is 0 Å². The molecule has 22 heavy (non-hydrogen) atoms. The minimum Gasteiger partial charge on any atom is -0.342 e. The summed E-state index contributed by atoms with van der Waals surface area (Å²) in [5.41, 5.74) is 0.271. The maximum absolute atomic E-state index is 13.6. The van der Waals surface area contributed by atoms with Crippen molar-refractivity contribution in [1.29, 1.82) is 0 Å². The molecule has 6 heteroatoms. The Morgan fingerprint density at radius 3 is 2.41 bits per heavy atom. The summed E-state index contributed by atoms with van der Waals surface area (Å²) in [6, 6.07) is 3.39. The third-order valence-corrected chi connectivity index (χ3v) is 4.73. The summed E-state index contributed by atoms with van der Waals surface area (Å²) in [6.07, 6.45) is 2.03. The monoisotopic (exact) mass is 330 g/mol. The first-order valence-electron chi connectivity index (χ1n) is 7.56. The number of halogens is 3. The molecule has 0 radical (unpaired) electrons. The molecule has 1 amide bonds. The number of nitrogens with one attached hydrogen (secondary N) is 1. The van der Waals surface area contributed by atoms with Crippen molar-refractivity contribution in [3.63, 3.8) is 0 Å². The van der Waals surface area contributed by atoms with Crippen LogP contribution >= 0.6 is 12.4 Å². The van der Waals surface area contributed by atoms with E-state index in [-0.39, 0.29) is 30.3 Å². The zero-order valence-corrected chi connectivity index (χ0v) is 13.2. The maximum Gasteiger partial charge on any atom is 0.227 e. The Balaban J connectivity index is 0.00000176. The van der Waals surface area contributed by atoms with E-state index in [2.05, 4.69) is 5.32 Å². The molecule has 2 fully saturated rings. The molecule has 3 rings (SSSR count). The molecule has 0 aliphatic carbocycles. The van der Waals surface area contributed by atoms with Crippen molar-refractivity contribution in [3.8, 4) is 0 Å². The number of carbonyl (C=O) groups is 1. The molecule has 2 atom stereocenters. The first-order chi connectivity index (χ1) is 10.1. The first kappa shape index (κ1) is 17.2. The molecule has 0 unspecified atom stereocenters. The number of nitrogens with zero attached hydrogens (tertiary/aromatic N) is 1. The van der Waals surface area contributed by atoms with Gasteiger partial charge in [0.2, 0.25) is 5.91 Å². The summed E-state index contributed by atoms with van der Waals surface area (Å²) < 4.78 is 26.5. The lowest BCUT2D eigenvalue weighted by atomic mass is 9.92. The first-order valence-corrected chi connectivity index (χ1v) is 7.56. The Morgan fingerprint density at radius 1 is 1.18 bits per heavy atom. The number of carbonyl (C=O) groups excluding carboxylic acids is 1. The average Bonchev–Trinajstić information content (AvgIpc) is 2.80. The van der Waals surface area contributed by atoms with Crippen molar-refractivity contribution in [2.75, 3.05) is 26.2 Å². The lowest BCUT2D eigenvalue weighted by Crippen LogP contribution is -2.34. The largest absolute Gasteiger partial charge is 0.342 e. The van der Waals surface area contributed by atoms with E-state index in [0.29, 0.717) is 11.8 Å². The van der Waals surface area contributed by atoms with E-state index in [9.17, 15) is 13.6 Å². The highest BCUT2D eigenvalue weighted by molar-refractivity contribution is 5.85. The van der Waals surface area contributed by atoms with Crippen molar-refractivity contribution in [2.45, 2.75) is 19.3 Å². The molecular formula is C16H21ClF2N2O. The number of amides is 1. The Labute approximate surface area is 135 Å². The van der Waals surface area contributed by atoms with E-state index in [1.54, 1.807) is 0 Å². The highest BCUT2D eigenvalue weighted by Crippen LogP contribution is 2.27. The van der Waals surface area contributed by atoms with Crippen LogP contribution in [0.4, 0.5) is 8.78 Å². The predicted octanol–water partition coefficient (Wildman–Crippen LogP) is 2.39. The van der Waals surface area contributed by atoms with E-state index in [1.165, 1.54) is 12.1 Å². The smallest absolute Gasteiger partial charge is 0.227 e. The quantitative estimate of drug-likeness (QED) is 0.903. The van der Waals surface area contributed by atoms with Crippen LogP contribution in [0.3, 0.4) is 0 Å². The average molecular weight is 331 g/mol. The van der Waals surface area contributed by atoms with Crippen LogP contribution in [0.1, 0.15) is 18.4 Å². The van der Waals surface area contributed by atoms with Crippen LogP contribution in [-0.2, 0) is 11.2 Å². The van der Waals surface area contributed by atoms with E-state index >= 15 is 0 Å². The molecule has 0 bridgehead atoms. The zero-order chi connectivity index (χ0) is 14.8. The van der Waals surface area contributed by atoms with Crippen molar-refractivity contribution >= 4 is 18.3 Å². The molecule has 1 N–H and O–H groups in total. The van der Waals surface area contributed by atoms with Gasteiger partial charge in [-0.05, 0) is 49.4 Å². The van der Waals surface area contributed by atoms with Crippen LogP contribution in [0.15, 0.2) is 18.2 Å². The Kier molecular flexibility index (Phi) is 5.75. The van der Waals surface area contributed by atoms with Crippen LogP contribution in [0, 0.1) is 23.5 Å². The molecule has 3 nitrogen and oxygen atoms in total. The molecule has 1 aromatic carbocycles. The number of likely N-dealkylation sites (tertiary alicyclic amines) is 1.